The van der Waals surface area contributed by atoms with Gasteiger partial charge in [-0.05, 0) is 48.5 Å². The molecule has 3 N–H and O–H groups in total. The SMILES string of the molecule is CC(F)(F)Oc1ccc(-c2[nH+]nc([C@H](CO)NC(=O)c3ccc(Cl)cc3)o2)cc1. The summed E-state index contributed by atoms with van der Waals surface area (Å²) in [7, 11) is 0. The number of nitrogens with one attached hydrogen (secondary N) is 2. The third kappa shape index (κ3) is 5.49. The summed E-state index contributed by atoms with van der Waals surface area (Å²) in [5.41, 5.74) is 0.864. The van der Waals surface area contributed by atoms with Gasteiger partial charge in [0.15, 0.2) is 0 Å². The first kappa shape index (κ1) is 20.7. The van der Waals surface area contributed by atoms with Crippen molar-refractivity contribution in [2.24, 2.45) is 0 Å². The molecule has 1 amide bonds. The number of alkyl halides is 2. The second-order valence-electron chi connectivity index (χ2n) is 6.14. The zero-order valence-electron chi connectivity index (χ0n) is 15.2. The number of benzene rings is 2. The lowest BCUT2D eigenvalue weighted by Crippen LogP contribution is -2.31. The molecule has 0 aliphatic heterocycles. The second-order valence-corrected chi connectivity index (χ2v) is 6.58. The molecular formula is C19H17ClF2N3O4+. The van der Waals surface area contributed by atoms with Crippen molar-refractivity contribution in [2.75, 3.05) is 6.61 Å². The van der Waals surface area contributed by atoms with Crippen LogP contribution >= 0.6 is 11.6 Å². The number of rotatable bonds is 7. The van der Waals surface area contributed by atoms with Crippen molar-refractivity contribution in [1.82, 2.24) is 10.4 Å². The molecule has 2 aromatic carbocycles. The Kier molecular flexibility index (Phi) is 6.09. The van der Waals surface area contributed by atoms with E-state index in [0.29, 0.717) is 23.1 Å². The Hall–Kier alpha value is -3.04. The van der Waals surface area contributed by atoms with Crippen molar-refractivity contribution in [3.8, 4) is 17.2 Å². The number of carbonyl (C=O) groups excluding carboxylic acids is 1. The van der Waals surface area contributed by atoms with Gasteiger partial charge in [-0.3, -0.25) is 4.79 Å². The maximum absolute atomic E-state index is 12.9. The van der Waals surface area contributed by atoms with Crippen LogP contribution in [0.5, 0.6) is 5.75 Å². The number of aliphatic hydroxyl groups is 1. The predicted octanol–water partition coefficient (Wildman–Crippen LogP) is 3.26. The molecule has 7 nitrogen and oxygen atoms in total. The summed E-state index contributed by atoms with van der Waals surface area (Å²) in [6.45, 7) is 0.191. The van der Waals surface area contributed by atoms with Gasteiger partial charge in [0.2, 0.25) is 0 Å². The number of aromatic amines is 1. The molecule has 29 heavy (non-hydrogen) atoms. The van der Waals surface area contributed by atoms with Crippen LogP contribution in [-0.2, 0) is 0 Å². The lowest BCUT2D eigenvalue weighted by atomic mass is 10.2. The van der Waals surface area contributed by atoms with Crippen molar-refractivity contribution in [2.45, 2.75) is 19.1 Å². The van der Waals surface area contributed by atoms with E-state index in [1.807, 2.05) is 0 Å². The van der Waals surface area contributed by atoms with Gasteiger partial charge in [0.25, 0.3) is 11.8 Å². The average molecular weight is 425 g/mol. The van der Waals surface area contributed by atoms with Crippen molar-refractivity contribution in [3.05, 3.63) is 65.0 Å². The number of aromatic nitrogens is 2. The van der Waals surface area contributed by atoms with Gasteiger partial charge in [-0.15, -0.1) is 0 Å². The monoisotopic (exact) mass is 424 g/mol. The Morgan fingerprint density at radius 1 is 1.28 bits per heavy atom. The molecular weight excluding hydrogens is 408 g/mol. The summed E-state index contributed by atoms with van der Waals surface area (Å²) in [5, 5.41) is 19.3. The highest BCUT2D eigenvalue weighted by Gasteiger charge is 2.26. The third-order valence-corrected chi connectivity index (χ3v) is 4.03. The molecule has 0 fully saturated rings. The topological polar surface area (TPSA) is 98.7 Å². The maximum atomic E-state index is 12.9. The number of carbonyl (C=O) groups is 1. The van der Waals surface area contributed by atoms with Gasteiger partial charge >= 0.3 is 12.0 Å². The molecule has 0 bridgehead atoms. The largest absolute Gasteiger partial charge is 0.433 e. The molecule has 0 aliphatic rings. The lowest BCUT2D eigenvalue weighted by molar-refractivity contribution is -0.443. The molecule has 0 spiro atoms. The quantitative estimate of drug-likeness (QED) is 0.606. The molecule has 0 saturated heterocycles. The van der Waals surface area contributed by atoms with Crippen LogP contribution < -0.4 is 15.2 Å². The Balaban J connectivity index is 1.71. The third-order valence-electron chi connectivity index (χ3n) is 3.78. The van der Waals surface area contributed by atoms with E-state index in [1.54, 1.807) is 24.3 Å². The maximum Gasteiger partial charge on any atom is 0.405 e. The first-order valence-corrected chi connectivity index (χ1v) is 8.86. The normalized spacial score (nSPS) is 12.4. The molecule has 10 heteroatoms. The summed E-state index contributed by atoms with van der Waals surface area (Å²) in [6.07, 6.45) is -3.29. The van der Waals surface area contributed by atoms with Crippen molar-refractivity contribution in [3.63, 3.8) is 0 Å². The zero-order chi connectivity index (χ0) is 21.0. The van der Waals surface area contributed by atoms with Crippen LogP contribution in [0.25, 0.3) is 11.5 Å². The molecule has 3 aromatic rings. The highest BCUT2D eigenvalue weighted by Crippen LogP contribution is 2.25. The van der Waals surface area contributed by atoms with Gasteiger partial charge in [-0.1, -0.05) is 16.7 Å². The highest BCUT2D eigenvalue weighted by molar-refractivity contribution is 6.30. The van der Waals surface area contributed by atoms with E-state index in [-0.39, 0.29) is 17.5 Å². The van der Waals surface area contributed by atoms with Crippen LogP contribution in [0.2, 0.25) is 5.02 Å². The zero-order valence-corrected chi connectivity index (χ0v) is 15.9. The molecule has 152 valence electrons. The predicted molar refractivity (Wildman–Crippen MR) is 98.5 cm³/mol. The van der Waals surface area contributed by atoms with E-state index < -0.39 is 24.7 Å². The average Bonchev–Trinajstić information content (AvgIpc) is 3.15. The minimum absolute atomic E-state index is 0.00977. The molecule has 0 radical (unpaired) electrons. The minimum atomic E-state index is -3.29. The Bertz CT molecular complexity index is 972. The van der Waals surface area contributed by atoms with Crippen molar-refractivity contribution >= 4 is 17.5 Å². The minimum Gasteiger partial charge on any atom is -0.433 e. The van der Waals surface area contributed by atoms with Crippen LogP contribution in [0.1, 0.15) is 29.2 Å². The number of hydrogen-bond acceptors (Lipinski definition) is 5. The van der Waals surface area contributed by atoms with Crippen LogP contribution in [-0.4, -0.2) is 28.8 Å². The summed E-state index contributed by atoms with van der Waals surface area (Å²) in [6, 6.07) is 11.1. The van der Waals surface area contributed by atoms with Gasteiger partial charge in [0.1, 0.15) is 11.8 Å². The number of H-pyrrole nitrogens is 1. The standard InChI is InChI=1S/C19H16ClF2N3O4/c1-19(21,22)29-14-8-4-12(5-9-14)17-24-25-18(28-17)15(10-26)23-16(27)11-2-6-13(20)7-3-11/h2-9,15,26H,10H2,1H3,(H,23,27)/p+1/t15-/m0/s1. The molecule has 3 rings (SSSR count). The molecule has 0 saturated carbocycles. The van der Waals surface area contributed by atoms with Gasteiger partial charge in [-0.25, -0.2) is 0 Å². The Morgan fingerprint density at radius 2 is 1.93 bits per heavy atom. The van der Waals surface area contributed by atoms with E-state index in [9.17, 15) is 18.7 Å². The number of amides is 1. The van der Waals surface area contributed by atoms with Crippen LogP contribution in [0.3, 0.4) is 0 Å². The molecule has 1 aromatic heterocycles. The number of ether oxygens (including phenoxy) is 1. The molecule has 0 aliphatic carbocycles. The van der Waals surface area contributed by atoms with Gasteiger partial charge < -0.3 is 19.6 Å². The van der Waals surface area contributed by atoms with E-state index in [1.165, 1.54) is 24.3 Å². The number of halogens is 3. The molecule has 1 heterocycles. The highest BCUT2D eigenvalue weighted by atomic mass is 35.5. The fourth-order valence-electron chi connectivity index (χ4n) is 2.44. The van der Waals surface area contributed by atoms with E-state index >= 15 is 0 Å². The van der Waals surface area contributed by atoms with Crippen LogP contribution in [0, 0.1) is 0 Å². The fourth-order valence-corrected chi connectivity index (χ4v) is 2.56. The lowest BCUT2D eigenvalue weighted by Gasteiger charge is -2.12. The van der Waals surface area contributed by atoms with Crippen LogP contribution in [0.15, 0.2) is 52.9 Å². The summed E-state index contributed by atoms with van der Waals surface area (Å²) < 4.78 is 35.8. The van der Waals surface area contributed by atoms with Gasteiger partial charge in [0, 0.05) is 22.6 Å². The van der Waals surface area contributed by atoms with Gasteiger partial charge in [0.05, 0.1) is 12.2 Å². The first-order chi connectivity index (χ1) is 13.7. The van der Waals surface area contributed by atoms with E-state index in [4.69, 9.17) is 16.0 Å². The van der Waals surface area contributed by atoms with Crippen LogP contribution in [0.4, 0.5) is 8.78 Å². The summed E-state index contributed by atoms with van der Waals surface area (Å²) in [4.78, 5) is 12.3. The smallest absolute Gasteiger partial charge is 0.405 e. The number of nitrogens with zero attached hydrogens (tertiary/aromatic N) is 1. The second kappa shape index (κ2) is 8.54. The number of aliphatic hydroxyl groups excluding tert-OH is 1. The fraction of sp³-hybridized carbons (Fsp3) is 0.211. The summed E-state index contributed by atoms with van der Waals surface area (Å²) in [5.74, 6) is -0.189. The molecule has 1 atom stereocenters. The first-order valence-electron chi connectivity index (χ1n) is 8.48. The summed E-state index contributed by atoms with van der Waals surface area (Å²) >= 11 is 5.80. The Labute approximate surface area is 169 Å². The van der Waals surface area contributed by atoms with E-state index in [0.717, 1.165) is 0 Å². The Morgan fingerprint density at radius 3 is 2.52 bits per heavy atom. The number of hydrogen-bond donors (Lipinski definition) is 2. The van der Waals surface area contributed by atoms with Gasteiger partial charge in [-0.2, -0.15) is 8.78 Å². The van der Waals surface area contributed by atoms with Crippen molar-refractivity contribution in [1.29, 1.82) is 0 Å². The van der Waals surface area contributed by atoms with E-state index in [2.05, 4.69) is 20.3 Å². The molecule has 0 unspecified atom stereocenters. The van der Waals surface area contributed by atoms with Crippen molar-refractivity contribution < 1.29 is 32.9 Å².